The summed E-state index contributed by atoms with van der Waals surface area (Å²) in [5.41, 5.74) is 0.638. The van der Waals surface area contributed by atoms with Gasteiger partial charge in [-0.25, -0.2) is 0 Å². The zero-order chi connectivity index (χ0) is 19.6. The van der Waals surface area contributed by atoms with Gasteiger partial charge in [-0.2, -0.15) is 18.3 Å². The van der Waals surface area contributed by atoms with E-state index in [9.17, 15) is 18.0 Å². The van der Waals surface area contributed by atoms with Crippen LogP contribution in [0.2, 0.25) is 0 Å². The summed E-state index contributed by atoms with van der Waals surface area (Å²) in [7, 11) is 0. The molecule has 1 fully saturated rings. The Kier molecular flexibility index (Phi) is 5.93. The molecule has 1 heterocycles. The molecule has 146 valence electrons. The standard InChI is InChI=1S/C19H21BrF3N3O/c1-2-14(12-6-4-3-5-7-12)24-15(27)10-11-26-17(13-8-9-13)16(20)18(25-26)19(21,22)23/h3-7,13-14H,2,8-11H2,1H3,(H,24,27). The van der Waals surface area contributed by atoms with Crippen molar-refractivity contribution in [3.63, 3.8) is 0 Å². The lowest BCUT2D eigenvalue weighted by Gasteiger charge is -2.17. The molecular weight excluding hydrogens is 423 g/mol. The van der Waals surface area contributed by atoms with E-state index < -0.39 is 11.9 Å². The summed E-state index contributed by atoms with van der Waals surface area (Å²) in [5.74, 6) is -0.119. The third kappa shape index (κ3) is 4.72. The second-order valence-corrected chi connectivity index (χ2v) is 7.53. The fraction of sp³-hybridized carbons (Fsp3) is 0.474. The molecule has 1 amide bonds. The monoisotopic (exact) mass is 443 g/mol. The van der Waals surface area contributed by atoms with Crippen molar-refractivity contribution in [3.8, 4) is 0 Å². The molecule has 0 spiro atoms. The number of carbonyl (C=O) groups is 1. The van der Waals surface area contributed by atoms with Gasteiger partial charge in [-0.05, 0) is 40.8 Å². The number of amides is 1. The van der Waals surface area contributed by atoms with E-state index in [1.165, 1.54) is 4.68 Å². The quantitative estimate of drug-likeness (QED) is 0.638. The molecule has 1 unspecified atom stereocenters. The first-order valence-corrected chi connectivity index (χ1v) is 9.78. The van der Waals surface area contributed by atoms with Crippen LogP contribution in [0.15, 0.2) is 34.8 Å². The van der Waals surface area contributed by atoms with E-state index in [0.29, 0.717) is 5.69 Å². The third-order valence-electron chi connectivity index (χ3n) is 4.66. The number of hydrogen-bond donors (Lipinski definition) is 1. The van der Waals surface area contributed by atoms with E-state index in [4.69, 9.17) is 0 Å². The Morgan fingerprint density at radius 3 is 2.56 bits per heavy atom. The minimum atomic E-state index is -4.52. The minimum absolute atomic E-state index is 0.00799. The van der Waals surface area contributed by atoms with Gasteiger partial charge >= 0.3 is 6.18 Å². The Hall–Kier alpha value is -1.83. The normalized spacial score (nSPS) is 15.6. The van der Waals surface area contributed by atoms with Gasteiger partial charge in [0.25, 0.3) is 0 Å². The van der Waals surface area contributed by atoms with Crippen LogP contribution in [0.3, 0.4) is 0 Å². The highest BCUT2D eigenvalue weighted by atomic mass is 79.9. The Balaban J connectivity index is 1.68. The first-order chi connectivity index (χ1) is 12.8. The van der Waals surface area contributed by atoms with Crippen molar-refractivity contribution in [2.75, 3.05) is 0 Å². The molecule has 0 aliphatic heterocycles. The summed E-state index contributed by atoms with van der Waals surface area (Å²) in [6.07, 6.45) is -2.01. The van der Waals surface area contributed by atoms with Crippen LogP contribution in [-0.2, 0) is 17.5 Å². The molecule has 1 N–H and O–H groups in total. The maximum atomic E-state index is 13.1. The van der Waals surface area contributed by atoms with Gasteiger partial charge in [-0.1, -0.05) is 37.3 Å². The number of aryl methyl sites for hydroxylation is 1. The summed E-state index contributed by atoms with van der Waals surface area (Å²) in [6, 6.07) is 9.50. The molecule has 1 saturated carbocycles. The van der Waals surface area contributed by atoms with Crippen LogP contribution in [0.5, 0.6) is 0 Å². The maximum Gasteiger partial charge on any atom is 0.436 e. The predicted octanol–water partition coefficient (Wildman–Crippen LogP) is 5.20. The first kappa shape index (κ1) is 19.9. The van der Waals surface area contributed by atoms with E-state index in [2.05, 4.69) is 26.3 Å². The van der Waals surface area contributed by atoms with Crippen molar-refractivity contribution < 1.29 is 18.0 Å². The van der Waals surface area contributed by atoms with Crippen LogP contribution in [0.1, 0.15) is 61.5 Å². The summed E-state index contributed by atoms with van der Waals surface area (Å²) < 4.78 is 40.8. The number of carbonyl (C=O) groups excluding carboxylic acids is 1. The lowest BCUT2D eigenvalue weighted by atomic mass is 10.0. The largest absolute Gasteiger partial charge is 0.436 e. The molecule has 1 atom stereocenters. The summed E-state index contributed by atoms with van der Waals surface area (Å²) in [6.45, 7) is 2.10. The highest BCUT2D eigenvalue weighted by Crippen LogP contribution is 2.47. The zero-order valence-corrected chi connectivity index (χ0v) is 16.5. The SMILES string of the molecule is CCC(NC(=O)CCn1nc(C(F)(F)F)c(Br)c1C1CC1)c1ccccc1. The number of halogens is 4. The van der Waals surface area contributed by atoms with Crippen molar-refractivity contribution in [1.82, 2.24) is 15.1 Å². The van der Waals surface area contributed by atoms with E-state index in [1.54, 1.807) is 0 Å². The lowest BCUT2D eigenvalue weighted by molar-refractivity contribution is -0.142. The van der Waals surface area contributed by atoms with Crippen molar-refractivity contribution in [2.45, 2.75) is 57.3 Å². The smallest absolute Gasteiger partial charge is 0.349 e. The predicted molar refractivity (Wildman–Crippen MR) is 99.1 cm³/mol. The molecule has 2 aromatic rings. The molecule has 1 aliphatic carbocycles. The van der Waals surface area contributed by atoms with E-state index in [1.807, 2.05) is 37.3 Å². The molecule has 0 radical (unpaired) electrons. The zero-order valence-electron chi connectivity index (χ0n) is 14.9. The Morgan fingerprint density at radius 2 is 2.00 bits per heavy atom. The van der Waals surface area contributed by atoms with Gasteiger partial charge in [0, 0.05) is 12.3 Å². The summed E-state index contributed by atoms with van der Waals surface area (Å²) in [5, 5.41) is 6.69. The Morgan fingerprint density at radius 1 is 1.33 bits per heavy atom. The Bertz CT molecular complexity index is 801. The van der Waals surface area contributed by atoms with Crippen molar-refractivity contribution in [2.24, 2.45) is 0 Å². The number of aromatic nitrogens is 2. The number of benzene rings is 1. The molecular formula is C19H21BrF3N3O. The van der Waals surface area contributed by atoms with E-state index >= 15 is 0 Å². The van der Waals surface area contributed by atoms with Crippen LogP contribution < -0.4 is 5.32 Å². The third-order valence-corrected chi connectivity index (χ3v) is 5.44. The average Bonchev–Trinajstić information content (AvgIpc) is 3.40. The van der Waals surface area contributed by atoms with Gasteiger partial charge in [0.05, 0.1) is 22.8 Å². The van der Waals surface area contributed by atoms with Gasteiger partial charge in [-0.3, -0.25) is 9.48 Å². The van der Waals surface area contributed by atoms with Crippen molar-refractivity contribution in [3.05, 3.63) is 51.8 Å². The fourth-order valence-electron chi connectivity index (χ4n) is 3.13. The Labute approximate surface area is 164 Å². The molecule has 27 heavy (non-hydrogen) atoms. The van der Waals surface area contributed by atoms with Crippen LogP contribution >= 0.6 is 15.9 Å². The summed E-state index contributed by atoms with van der Waals surface area (Å²) >= 11 is 3.06. The number of nitrogens with one attached hydrogen (secondary N) is 1. The molecule has 1 aliphatic rings. The number of alkyl halides is 3. The van der Waals surface area contributed by atoms with Gasteiger partial charge < -0.3 is 5.32 Å². The second-order valence-electron chi connectivity index (χ2n) is 6.73. The highest BCUT2D eigenvalue weighted by Gasteiger charge is 2.41. The lowest BCUT2D eigenvalue weighted by Crippen LogP contribution is -2.29. The van der Waals surface area contributed by atoms with Crippen LogP contribution in [0.4, 0.5) is 13.2 Å². The van der Waals surface area contributed by atoms with E-state index in [-0.39, 0.29) is 35.3 Å². The van der Waals surface area contributed by atoms with E-state index in [0.717, 1.165) is 24.8 Å². The average molecular weight is 444 g/mol. The van der Waals surface area contributed by atoms with Gasteiger partial charge in [0.2, 0.25) is 5.91 Å². The molecule has 0 bridgehead atoms. The first-order valence-electron chi connectivity index (χ1n) is 8.99. The number of rotatable bonds is 7. The van der Waals surface area contributed by atoms with Gasteiger partial charge in [0.1, 0.15) is 0 Å². The molecule has 0 saturated heterocycles. The fourth-order valence-corrected chi connectivity index (χ4v) is 3.96. The molecule has 4 nitrogen and oxygen atoms in total. The second kappa shape index (κ2) is 8.04. The molecule has 1 aromatic heterocycles. The highest BCUT2D eigenvalue weighted by molar-refractivity contribution is 9.10. The maximum absolute atomic E-state index is 13.1. The minimum Gasteiger partial charge on any atom is -0.349 e. The van der Waals surface area contributed by atoms with Gasteiger partial charge in [-0.15, -0.1) is 0 Å². The summed E-state index contributed by atoms with van der Waals surface area (Å²) in [4.78, 5) is 12.4. The number of hydrogen-bond acceptors (Lipinski definition) is 2. The van der Waals surface area contributed by atoms with Crippen molar-refractivity contribution in [1.29, 1.82) is 0 Å². The number of nitrogens with zero attached hydrogens (tertiary/aromatic N) is 2. The van der Waals surface area contributed by atoms with Crippen LogP contribution in [-0.4, -0.2) is 15.7 Å². The van der Waals surface area contributed by atoms with Gasteiger partial charge in [0.15, 0.2) is 5.69 Å². The topological polar surface area (TPSA) is 46.9 Å². The van der Waals surface area contributed by atoms with Crippen LogP contribution in [0.25, 0.3) is 0 Å². The van der Waals surface area contributed by atoms with Crippen molar-refractivity contribution >= 4 is 21.8 Å². The molecule has 3 rings (SSSR count). The van der Waals surface area contributed by atoms with Crippen LogP contribution in [0, 0.1) is 0 Å². The molecule has 8 heteroatoms. The molecule has 1 aromatic carbocycles.